The van der Waals surface area contributed by atoms with Gasteiger partial charge in [0.05, 0.1) is 12.7 Å². The molecule has 25 heavy (non-hydrogen) atoms. The molecule has 1 fully saturated rings. The van der Waals surface area contributed by atoms with E-state index in [1.807, 2.05) is 13.8 Å². The van der Waals surface area contributed by atoms with Crippen LogP contribution in [-0.2, 0) is 11.4 Å². The molecule has 1 aromatic carbocycles. The van der Waals surface area contributed by atoms with Crippen molar-refractivity contribution < 1.29 is 20.1 Å². The first-order chi connectivity index (χ1) is 11.8. The van der Waals surface area contributed by atoms with Gasteiger partial charge in [-0.15, -0.1) is 0 Å². The summed E-state index contributed by atoms with van der Waals surface area (Å²) in [5.41, 5.74) is -0.0304. The molecule has 2 rings (SSSR count). The Morgan fingerprint density at radius 1 is 1.36 bits per heavy atom. The van der Waals surface area contributed by atoms with Crippen LogP contribution in [0.3, 0.4) is 0 Å². The minimum atomic E-state index is -1.38. The van der Waals surface area contributed by atoms with Crippen LogP contribution in [0.2, 0.25) is 0 Å². The zero-order valence-corrected chi connectivity index (χ0v) is 15.4. The van der Waals surface area contributed by atoms with Crippen LogP contribution >= 0.6 is 0 Å². The first-order valence-corrected chi connectivity index (χ1v) is 9.16. The molecule has 0 bridgehead atoms. The largest absolute Gasteiger partial charge is 0.392 e. The number of aliphatic hydroxyl groups is 3. The number of hydrogen-bond donors (Lipinski definition) is 4. The van der Waals surface area contributed by atoms with Crippen LogP contribution in [0.5, 0.6) is 0 Å². The molecule has 1 saturated carbocycles. The van der Waals surface area contributed by atoms with E-state index < -0.39 is 17.6 Å². The highest BCUT2D eigenvalue weighted by molar-refractivity contribution is 5.85. The number of aliphatic hydroxyl groups excluding tert-OH is 2. The van der Waals surface area contributed by atoms with Gasteiger partial charge in [-0.05, 0) is 41.7 Å². The van der Waals surface area contributed by atoms with Gasteiger partial charge in [0.25, 0.3) is 5.91 Å². The van der Waals surface area contributed by atoms with Crippen LogP contribution < -0.4 is 5.32 Å². The van der Waals surface area contributed by atoms with Gasteiger partial charge in [0.2, 0.25) is 0 Å². The molecule has 4 unspecified atom stereocenters. The summed E-state index contributed by atoms with van der Waals surface area (Å²) in [5, 5.41) is 33.3. The lowest BCUT2D eigenvalue weighted by molar-refractivity contribution is -0.156. The fourth-order valence-corrected chi connectivity index (χ4v) is 3.99. The zero-order chi connectivity index (χ0) is 18.6. The van der Waals surface area contributed by atoms with Crippen molar-refractivity contribution in [2.45, 2.75) is 58.3 Å². The molecule has 0 aliphatic heterocycles. The quantitative estimate of drug-likeness (QED) is 0.633. The number of carbonyl (C=O) groups is 1. The summed E-state index contributed by atoms with van der Waals surface area (Å²) in [7, 11) is 0. The van der Waals surface area contributed by atoms with Crippen molar-refractivity contribution in [2.75, 3.05) is 6.54 Å². The molecule has 0 heterocycles. The smallest absolute Gasteiger partial charge is 0.252 e. The Hall–Kier alpha value is -1.43. The number of benzene rings is 1. The molecule has 0 spiro atoms. The van der Waals surface area contributed by atoms with Gasteiger partial charge in [-0.1, -0.05) is 51.5 Å². The molecule has 1 amide bonds. The van der Waals surface area contributed by atoms with Gasteiger partial charge < -0.3 is 20.6 Å². The van der Waals surface area contributed by atoms with E-state index in [4.69, 9.17) is 0 Å². The van der Waals surface area contributed by atoms with Gasteiger partial charge in [-0.2, -0.15) is 0 Å². The molecule has 140 valence electrons. The maximum atomic E-state index is 12.7. The predicted octanol–water partition coefficient (Wildman–Crippen LogP) is 2.15. The fourth-order valence-electron chi connectivity index (χ4n) is 3.99. The van der Waals surface area contributed by atoms with Gasteiger partial charge in [0.15, 0.2) is 0 Å². The monoisotopic (exact) mass is 349 g/mol. The molecular formula is C20H31NO4. The Morgan fingerprint density at radius 3 is 2.72 bits per heavy atom. The summed E-state index contributed by atoms with van der Waals surface area (Å²) in [5.74, 6) is 0.0555. The third kappa shape index (κ3) is 4.60. The minimum Gasteiger partial charge on any atom is -0.392 e. The third-order valence-electron chi connectivity index (χ3n) is 5.42. The normalized spacial score (nSPS) is 28.0. The van der Waals surface area contributed by atoms with E-state index in [0.29, 0.717) is 23.5 Å². The summed E-state index contributed by atoms with van der Waals surface area (Å²) in [6.45, 7) is 6.07. The summed E-state index contributed by atoms with van der Waals surface area (Å²) in [4.78, 5) is 12.7. The van der Waals surface area contributed by atoms with Crippen LogP contribution in [0.15, 0.2) is 24.3 Å². The SMILES string of the molecule is CC1CCC(C(C)C)C(O)(C(=O)NCC(O)c2cccc(CO)c2)C1. The summed E-state index contributed by atoms with van der Waals surface area (Å²) in [6.07, 6.45) is 1.44. The molecular weight excluding hydrogens is 318 g/mol. The number of amides is 1. The molecule has 1 aliphatic rings. The predicted molar refractivity (Wildman–Crippen MR) is 96.6 cm³/mol. The maximum absolute atomic E-state index is 12.7. The lowest BCUT2D eigenvalue weighted by atomic mass is 9.66. The number of hydrogen-bond acceptors (Lipinski definition) is 4. The van der Waals surface area contributed by atoms with Crippen molar-refractivity contribution in [2.24, 2.45) is 17.8 Å². The zero-order valence-electron chi connectivity index (χ0n) is 15.4. The molecule has 5 nitrogen and oxygen atoms in total. The molecule has 0 saturated heterocycles. The summed E-state index contributed by atoms with van der Waals surface area (Å²) < 4.78 is 0. The second-order valence-electron chi connectivity index (χ2n) is 7.79. The van der Waals surface area contributed by atoms with E-state index >= 15 is 0 Å². The van der Waals surface area contributed by atoms with E-state index in [0.717, 1.165) is 12.8 Å². The first kappa shape index (κ1) is 19.9. The van der Waals surface area contributed by atoms with Crippen molar-refractivity contribution in [3.05, 3.63) is 35.4 Å². The van der Waals surface area contributed by atoms with E-state index in [-0.39, 0.29) is 25.0 Å². The van der Waals surface area contributed by atoms with Gasteiger partial charge >= 0.3 is 0 Å². The Kier molecular flexibility index (Phi) is 6.60. The molecule has 4 atom stereocenters. The molecule has 0 aromatic heterocycles. The topological polar surface area (TPSA) is 89.8 Å². The van der Waals surface area contributed by atoms with Gasteiger partial charge in [0.1, 0.15) is 5.60 Å². The van der Waals surface area contributed by atoms with Gasteiger partial charge in [0, 0.05) is 6.54 Å². The van der Waals surface area contributed by atoms with Crippen LogP contribution in [0.1, 0.15) is 57.3 Å². The Balaban J connectivity index is 2.04. The van der Waals surface area contributed by atoms with E-state index in [9.17, 15) is 20.1 Å². The van der Waals surface area contributed by atoms with Crippen molar-refractivity contribution in [1.82, 2.24) is 5.32 Å². The fraction of sp³-hybridized carbons (Fsp3) is 0.650. The highest BCUT2D eigenvalue weighted by atomic mass is 16.3. The Labute approximate surface area is 150 Å². The van der Waals surface area contributed by atoms with Crippen LogP contribution in [0.4, 0.5) is 0 Å². The lowest BCUT2D eigenvalue weighted by Crippen LogP contribution is -2.56. The molecule has 4 N–H and O–H groups in total. The number of carbonyl (C=O) groups excluding carboxylic acids is 1. The van der Waals surface area contributed by atoms with E-state index in [1.54, 1.807) is 24.3 Å². The highest BCUT2D eigenvalue weighted by Crippen LogP contribution is 2.41. The minimum absolute atomic E-state index is 0.0369. The van der Waals surface area contributed by atoms with Crippen LogP contribution in [0.25, 0.3) is 0 Å². The van der Waals surface area contributed by atoms with Gasteiger partial charge in [-0.25, -0.2) is 0 Å². The second kappa shape index (κ2) is 8.30. The van der Waals surface area contributed by atoms with Crippen LogP contribution in [-0.4, -0.2) is 33.4 Å². The average molecular weight is 349 g/mol. The number of nitrogens with one attached hydrogen (secondary N) is 1. The Bertz CT molecular complexity index is 589. The lowest BCUT2D eigenvalue weighted by Gasteiger charge is -2.43. The van der Waals surface area contributed by atoms with Crippen molar-refractivity contribution >= 4 is 5.91 Å². The Morgan fingerprint density at radius 2 is 2.08 bits per heavy atom. The molecule has 1 aliphatic carbocycles. The summed E-state index contributed by atoms with van der Waals surface area (Å²) >= 11 is 0. The molecule has 5 heteroatoms. The van der Waals surface area contributed by atoms with Crippen molar-refractivity contribution in [1.29, 1.82) is 0 Å². The average Bonchev–Trinajstić information content (AvgIpc) is 2.58. The second-order valence-corrected chi connectivity index (χ2v) is 7.79. The van der Waals surface area contributed by atoms with Crippen LogP contribution in [0, 0.1) is 17.8 Å². The number of rotatable bonds is 6. The van der Waals surface area contributed by atoms with Crippen molar-refractivity contribution in [3.8, 4) is 0 Å². The van der Waals surface area contributed by atoms with Gasteiger partial charge in [-0.3, -0.25) is 4.79 Å². The third-order valence-corrected chi connectivity index (χ3v) is 5.42. The van der Waals surface area contributed by atoms with E-state index in [1.165, 1.54) is 0 Å². The summed E-state index contributed by atoms with van der Waals surface area (Å²) in [6, 6.07) is 7.00. The maximum Gasteiger partial charge on any atom is 0.252 e. The first-order valence-electron chi connectivity index (χ1n) is 9.16. The highest BCUT2D eigenvalue weighted by Gasteiger charge is 2.48. The van der Waals surface area contributed by atoms with E-state index in [2.05, 4.69) is 12.2 Å². The van der Waals surface area contributed by atoms with Crippen molar-refractivity contribution in [3.63, 3.8) is 0 Å². The molecule has 0 radical (unpaired) electrons. The standard InChI is InChI=1S/C20H31NO4/c1-13(2)17-8-7-14(3)10-20(17,25)19(24)21-11-18(23)16-6-4-5-15(9-16)12-22/h4-6,9,13-14,17-18,22-23,25H,7-8,10-12H2,1-3H3,(H,21,24). The molecule has 1 aromatic rings.